The van der Waals surface area contributed by atoms with Crippen molar-refractivity contribution in [1.29, 1.82) is 0 Å². The van der Waals surface area contributed by atoms with E-state index in [4.69, 9.17) is 16.3 Å². The first-order chi connectivity index (χ1) is 23.9. The third kappa shape index (κ3) is 8.07. The number of aliphatic hydroxyl groups is 1. The van der Waals surface area contributed by atoms with Crippen molar-refractivity contribution in [2.24, 2.45) is 0 Å². The first kappa shape index (κ1) is 36.7. The van der Waals surface area contributed by atoms with E-state index in [0.717, 1.165) is 17.2 Å². The van der Waals surface area contributed by atoms with Crippen LogP contribution in [0.4, 0.5) is 13.2 Å². The molecular weight excluding hydrogens is 675 g/mol. The molecule has 9 nitrogen and oxygen atoms in total. The zero-order valence-electron chi connectivity index (χ0n) is 27.3. The van der Waals surface area contributed by atoms with Gasteiger partial charge in [0.2, 0.25) is 17.6 Å². The van der Waals surface area contributed by atoms with Gasteiger partial charge in [-0.1, -0.05) is 65.9 Å². The van der Waals surface area contributed by atoms with Gasteiger partial charge in [-0.2, -0.15) is 4.39 Å². The fourth-order valence-corrected chi connectivity index (χ4v) is 6.68. The van der Waals surface area contributed by atoms with Crippen molar-refractivity contribution in [2.45, 2.75) is 69.3 Å². The number of benzene rings is 3. The number of aliphatic carboxylic acids is 1. The molecule has 3 N–H and O–H groups in total. The smallest absolute Gasteiger partial charge is 0.305 e. The topological polar surface area (TPSA) is 119 Å². The summed E-state index contributed by atoms with van der Waals surface area (Å²) in [6.45, 7) is 2.25. The first-order valence-corrected chi connectivity index (χ1v) is 16.6. The molecule has 0 saturated carbocycles. The number of fused-ring (bicyclic) bond motifs is 2. The Morgan fingerprint density at radius 1 is 1.08 bits per heavy atom. The Kier molecular flexibility index (Phi) is 11.7. The van der Waals surface area contributed by atoms with E-state index in [0.29, 0.717) is 36.0 Å². The number of nitrogens with zero attached hydrogens (tertiary/aromatic N) is 2. The zero-order valence-corrected chi connectivity index (χ0v) is 28.1. The minimum atomic E-state index is -1.45. The Bertz CT molecular complexity index is 1800. The molecule has 0 radical (unpaired) electrons. The predicted molar refractivity (Wildman–Crippen MR) is 178 cm³/mol. The van der Waals surface area contributed by atoms with Crippen LogP contribution in [0.3, 0.4) is 0 Å². The summed E-state index contributed by atoms with van der Waals surface area (Å²) in [6, 6.07) is 14.3. The predicted octanol–water partition coefficient (Wildman–Crippen LogP) is 4.81. The number of amides is 2. The molecule has 4 atom stereocenters. The third-order valence-corrected chi connectivity index (χ3v) is 9.32. The number of carbonyl (C=O) groups excluding carboxylic acids is 2. The molecule has 264 valence electrons. The second kappa shape index (κ2) is 16.0. The quantitative estimate of drug-likeness (QED) is 0.125. The maximum atomic E-state index is 14.7. The average molecular weight is 712 g/mol. The van der Waals surface area contributed by atoms with Gasteiger partial charge < -0.3 is 24.7 Å². The highest BCUT2D eigenvalue weighted by Gasteiger charge is 2.55. The van der Waals surface area contributed by atoms with Gasteiger partial charge in [-0.25, -0.2) is 8.78 Å². The van der Waals surface area contributed by atoms with Gasteiger partial charge in [0, 0.05) is 31.1 Å². The van der Waals surface area contributed by atoms with Gasteiger partial charge in [0.1, 0.15) is 6.04 Å². The number of carbonyl (C=O) groups is 3. The highest BCUT2D eigenvalue weighted by atomic mass is 35.5. The molecule has 2 amide bonds. The van der Waals surface area contributed by atoms with Crippen LogP contribution in [0.25, 0.3) is 0 Å². The van der Waals surface area contributed by atoms with Gasteiger partial charge in [0.15, 0.2) is 17.4 Å². The lowest BCUT2D eigenvalue weighted by Crippen LogP contribution is -2.73. The summed E-state index contributed by atoms with van der Waals surface area (Å²) >= 11 is 6.45. The maximum Gasteiger partial charge on any atom is 0.305 e. The lowest BCUT2D eigenvalue weighted by molar-refractivity contribution is -0.155. The third-order valence-electron chi connectivity index (χ3n) is 8.95. The fourth-order valence-electron chi connectivity index (χ4n) is 6.48. The van der Waals surface area contributed by atoms with Gasteiger partial charge in [-0.15, -0.1) is 0 Å². The van der Waals surface area contributed by atoms with E-state index in [-0.39, 0.29) is 32.0 Å². The Hall–Kier alpha value is -4.57. The van der Waals surface area contributed by atoms with E-state index < -0.39 is 71.6 Å². The SMILES string of the molecule is CCN(Cc1ccccc1Cl)C(=O)[C@@H]1N(C(=O)C[C@@H](O)CC(=O)O)C[C@@H]2C#CC[C@]1(c1ccc(CCCOc3c(F)ccc(F)c3F)cc1)N2. The summed E-state index contributed by atoms with van der Waals surface area (Å²) in [4.78, 5) is 42.8. The zero-order chi connectivity index (χ0) is 36.0. The van der Waals surface area contributed by atoms with Gasteiger partial charge in [0.25, 0.3) is 0 Å². The number of aryl methyl sites for hydroxylation is 1. The van der Waals surface area contributed by atoms with Crippen LogP contribution in [0.1, 0.15) is 49.3 Å². The van der Waals surface area contributed by atoms with Crippen LogP contribution in [0, 0.1) is 29.3 Å². The second-order valence-corrected chi connectivity index (χ2v) is 12.7. The molecule has 3 aromatic carbocycles. The minimum absolute atomic E-state index is 0.0397. The van der Waals surface area contributed by atoms with Crippen LogP contribution in [0.5, 0.6) is 5.75 Å². The first-order valence-electron chi connectivity index (χ1n) is 16.3. The molecule has 2 aliphatic heterocycles. The van der Waals surface area contributed by atoms with Gasteiger partial charge in [0.05, 0.1) is 37.1 Å². The molecule has 2 aliphatic rings. The van der Waals surface area contributed by atoms with Crippen molar-refractivity contribution in [3.05, 3.63) is 99.8 Å². The lowest BCUT2D eigenvalue weighted by Gasteiger charge is -2.53. The minimum Gasteiger partial charge on any atom is -0.488 e. The number of likely N-dealkylation sites (N-methyl/N-ethyl adjacent to an activating group) is 1. The van der Waals surface area contributed by atoms with Crippen LogP contribution < -0.4 is 10.1 Å². The number of carboxylic acid groups (broad SMARTS) is 1. The Labute approximate surface area is 293 Å². The Morgan fingerprint density at radius 3 is 2.50 bits per heavy atom. The fraction of sp³-hybridized carbons (Fsp3) is 0.378. The van der Waals surface area contributed by atoms with Crippen molar-refractivity contribution in [3.63, 3.8) is 0 Å². The second-order valence-electron chi connectivity index (χ2n) is 12.3. The monoisotopic (exact) mass is 711 g/mol. The number of ether oxygens (including phenoxy) is 1. The van der Waals surface area contributed by atoms with E-state index in [1.807, 2.05) is 43.3 Å². The lowest BCUT2D eigenvalue weighted by atomic mass is 9.73. The van der Waals surface area contributed by atoms with Crippen LogP contribution in [-0.4, -0.2) is 75.7 Å². The number of carboxylic acids is 1. The van der Waals surface area contributed by atoms with Crippen molar-refractivity contribution < 1.29 is 42.5 Å². The van der Waals surface area contributed by atoms with Gasteiger partial charge in [-0.05, 0) is 54.7 Å². The van der Waals surface area contributed by atoms with Crippen LogP contribution in [0.2, 0.25) is 5.02 Å². The summed E-state index contributed by atoms with van der Waals surface area (Å²) < 4.78 is 46.6. The molecule has 0 aliphatic carbocycles. The number of halogens is 4. The molecule has 0 unspecified atom stereocenters. The molecule has 0 spiro atoms. The Balaban J connectivity index is 1.42. The number of hydrogen-bond acceptors (Lipinski definition) is 6. The normalized spacial score (nSPS) is 20.0. The van der Waals surface area contributed by atoms with Crippen LogP contribution in [-0.2, 0) is 32.9 Å². The van der Waals surface area contributed by atoms with Crippen LogP contribution in [0.15, 0.2) is 60.7 Å². The van der Waals surface area contributed by atoms with E-state index in [9.17, 15) is 37.8 Å². The largest absolute Gasteiger partial charge is 0.488 e. The molecule has 0 aromatic heterocycles. The standard InChI is InChI=1S/C37H37ClF3N3O6/c1-2-43(21-24-8-3-4-10-28(24)38)36(49)35-37(17-5-9-26(42-37)22-44(35)31(46)19-27(45)20-32(47)48)25-13-11-23(12-14-25)7-6-18-50-34-30(40)16-15-29(39)33(34)41/h3-4,8,10-16,26-27,35,42,45H,2,6-7,17-22H2,1H3,(H,47,48)/t26-,27+,35-,37+/m0/s1. The van der Waals surface area contributed by atoms with E-state index >= 15 is 0 Å². The summed E-state index contributed by atoms with van der Waals surface area (Å²) in [5.41, 5.74) is 1.08. The van der Waals surface area contributed by atoms with Gasteiger partial charge in [-0.3, -0.25) is 19.7 Å². The number of aliphatic hydroxyl groups excluding tert-OH is 1. The molecule has 13 heteroatoms. The van der Waals surface area contributed by atoms with E-state index in [1.54, 1.807) is 17.0 Å². The molecule has 2 heterocycles. The van der Waals surface area contributed by atoms with Crippen molar-refractivity contribution in [1.82, 2.24) is 15.1 Å². The van der Waals surface area contributed by atoms with Crippen molar-refractivity contribution in [3.8, 4) is 17.6 Å². The summed E-state index contributed by atoms with van der Waals surface area (Å²) in [7, 11) is 0. The molecule has 5 rings (SSSR count). The molecular formula is C37H37ClF3N3O6. The average Bonchev–Trinajstić information content (AvgIpc) is 3.08. The highest BCUT2D eigenvalue weighted by molar-refractivity contribution is 6.31. The number of rotatable bonds is 14. The highest BCUT2D eigenvalue weighted by Crippen LogP contribution is 2.39. The Morgan fingerprint density at radius 2 is 1.80 bits per heavy atom. The maximum absolute atomic E-state index is 14.7. The van der Waals surface area contributed by atoms with E-state index in [2.05, 4.69) is 17.2 Å². The summed E-state index contributed by atoms with van der Waals surface area (Å²) in [6.07, 6.45) is -1.58. The molecule has 50 heavy (non-hydrogen) atoms. The number of piperazine rings is 1. The summed E-state index contributed by atoms with van der Waals surface area (Å²) in [5.74, 6) is -0.306. The van der Waals surface area contributed by atoms with Crippen molar-refractivity contribution >= 4 is 29.4 Å². The van der Waals surface area contributed by atoms with Crippen molar-refractivity contribution in [2.75, 3.05) is 19.7 Å². The number of nitrogens with one attached hydrogen (secondary N) is 1. The molecule has 1 fully saturated rings. The molecule has 1 saturated heterocycles. The van der Waals surface area contributed by atoms with Gasteiger partial charge >= 0.3 is 5.97 Å². The summed E-state index contributed by atoms with van der Waals surface area (Å²) in [5, 5.41) is 23.6. The molecule has 3 aromatic rings. The van der Waals surface area contributed by atoms with Crippen LogP contribution >= 0.6 is 11.6 Å². The van der Waals surface area contributed by atoms with E-state index in [1.165, 1.54) is 4.90 Å². The number of hydrogen-bond donors (Lipinski definition) is 3. The molecule has 2 bridgehead atoms.